The minimum Gasteiger partial charge on any atom is -0.299 e. The average Bonchev–Trinajstić information content (AvgIpc) is 2.39. The Balaban J connectivity index is 0.00000120. The van der Waals surface area contributed by atoms with Crippen LogP contribution in [0, 0.1) is 0 Å². The number of hydrogen-bond acceptors (Lipinski definition) is 3. The third kappa shape index (κ3) is 2.18. The van der Waals surface area contributed by atoms with E-state index in [0.717, 1.165) is 41.7 Å². The Kier molecular flexibility index (Phi) is 4.05. The fourth-order valence-corrected chi connectivity index (χ4v) is 3.58. The number of rotatable bonds is 1. The number of benzene rings is 1. The lowest BCUT2D eigenvalue weighted by molar-refractivity contribution is 0.269. The Morgan fingerprint density at radius 2 is 2.11 bits per heavy atom. The molecule has 0 aliphatic carbocycles. The number of likely N-dealkylation sites (N-methyl/N-ethyl adjacent to an activating group) is 1. The van der Waals surface area contributed by atoms with Crippen LogP contribution >= 0.6 is 23.7 Å². The summed E-state index contributed by atoms with van der Waals surface area (Å²) < 4.78 is 1.13. The minimum atomic E-state index is 0. The van der Waals surface area contributed by atoms with Crippen LogP contribution in [0.15, 0.2) is 29.1 Å². The predicted molar refractivity (Wildman–Crippen MR) is 80.0 cm³/mol. The van der Waals surface area contributed by atoms with E-state index in [-0.39, 0.29) is 17.8 Å². The van der Waals surface area contributed by atoms with Crippen molar-refractivity contribution >= 4 is 33.8 Å². The number of nitrogens with zero attached hydrogens (tertiary/aromatic N) is 1. The number of hydrogen-bond donors (Lipinski definition) is 0. The molecule has 2 aromatic rings. The van der Waals surface area contributed by atoms with Crippen LogP contribution in [0.3, 0.4) is 0 Å². The summed E-state index contributed by atoms with van der Waals surface area (Å²) in [6.07, 6.45) is 1.02. The molecule has 1 aromatic carbocycles. The summed E-state index contributed by atoms with van der Waals surface area (Å²) >= 11 is 1.79. The molecule has 0 atom stereocenters. The molecule has 3 rings (SSSR count). The first-order valence-electron chi connectivity index (χ1n) is 6.05. The molecule has 1 aliphatic heterocycles. The molecule has 0 radical (unpaired) electrons. The lowest BCUT2D eigenvalue weighted by atomic mass is 10.1. The summed E-state index contributed by atoms with van der Waals surface area (Å²) in [6, 6.07) is 7.95. The van der Waals surface area contributed by atoms with Crippen molar-refractivity contribution in [2.75, 3.05) is 13.1 Å². The van der Waals surface area contributed by atoms with Crippen molar-refractivity contribution in [2.24, 2.45) is 0 Å². The highest BCUT2D eigenvalue weighted by Gasteiger charge is 2.19. The molecule has 0 unspecified atom stereocenters. The molecular weight excluding hydrogens is 266 g/mol. The van der Waals surface area contributed by atoms with E-state index in [1.807, 2.05) is 24.3 Å². The van der Waals surface area contributed by atoms with Gasteiger partial charge in [0.25, 0.3) is 0 Å². The van der Waals surface area contributed by atoms with Gasteiger partial charge in [-0.3, -0.25) is 9.69 Å². The quantitative estimate of drug-likeness (QED) is 0.801. The summed E-state index contributed by atoms with van der Waals surface area (Å²) in [5.74, 6) is 0. The SMILES string of the molecule is CCN1CCc2sc3ccccc3c(=O)c2C1.Cl. The minimum absolute atomic E-state index is 0. The molecule has 2 heterocycles. The molecule has 1 aromatic heterocycles. The standard InChI is InChI=1S/C14H15NOS.ClH/c1-2-15-8-7-13-11(9-15)14(16)10-5-3-4-6-12(10)17-13;/h3-6H,2,7-9H2,1H3;1H. The summed E-state index contributed by atoms with van der Waals surface area (Å²) in [5.41, 5.74) is 1.27. The van der Waals surface area contributed by atoms with Crippen LogP contribution in [0.2, 0.25) is 0 Å². The Bertz CT molecular complexity index is 623. The average molecular weight is 282 g/mol. The molecule has 96 valence electrons. The Morgan fingerprint density at radius 3 is 2.89 bits per heavy atom. The van der Waals surface area contributed by atoms with E-state index in [4.69, 9.17) is 0 Å². The van der Waals surface area contributed by atoms with Crippen LogP contribution in [-0.4, -0.2) is 18.0 Å². The van der Waals surface area contributed by atoms with Crippen LogP contribution in [0.4, 0.5) is 0 Å². The lowest BCUT2D eigenvalue weighted by Crippen LogP contribution is -2.33. The number of halogens is 1. The van der Waals surface area contributed by atoms with Crippen molar-refractivity contribution in [1.29, 1.82) is 0 Å². The topological polar surface area (TPSA) is 20.3 Å². The molecule has 1 aliphatic rings. The van der Waals surface area contributed by atoms with E-state index >= 15 is 0 Å². The zero-order valence-corrected chi connectivity index (χ0v) is 11.9. The van der Waals surface area contributed by atoms with Gasteiger partial charge in [0.1, 0.15) is 0 Å². The van der Waals surface area contributed by atoms with Gasteiger partial charge in [0.2, 0.25) is 0 Å². The summed E-state index contributed by atoms with van der Waals surface area (Å²) in [4.78, 5) is 16.0. The molecule has 0 amide bonds. The molecular formula is C14H16ClNOS. The first-order valence-corrected chi connectivity index (χ1v) is 6.87. The van der Waals surface area contributed by atoms with Crippen molar-refractivity contribution in [3.63, 3.8) is 0 Å². The molecule has 2 nitrogen and oxygen atoms in total. The Labute approximate surface area is 117 Å². The van der Waals surface area contributed by atoms with E-state index in [9.17, 15) is 4.79 Å². The largest absolute Gasteiger partial charge is 0.299 e. The van der Waals surface area contributed by atoms with Gasteiger partial charge in [-0.15, -0.1) is 23.7 Å². The van der Waals surface area contributed by atoms with Crippen LogP contribution in [0.25, 0.3) is 10.1 Å². The third-order valence-electron chi connectivity index (χ3n) is 3.46. The highest BCUT2D eigenvalue weighted by Crippen LogP contribution is 2.26. The van der Waals surface area contributed by atoms with Crippen molar-refractivity contribution in [1.82, 2.24) is 4.90 Å². The van der Waals surface area contributed by atoms with Gasteiger partial charge in [0.15, 0.2) is 5.43 Å². The van der Waals surface area contributed by atoms with Gasteiger partial charge < -0.3 is 0 Å². The Hall–Kier alpha value is -0.900. The lowest BCUT2D eigenvalue weighted by Gasteiger charge is -2.26. The van der Waals surface area contributed by atoms with Crippen molar-refractivity contribution in [3.8, 4) is 0 Å². The molecule has 0 bridgehead atoms. The fraction of sp³-hybridized carbons (Fsp3) is 0.357. The first-order chi connectivity index (χ1) is 8.29. The zero-order chi connectivity index (χ0) is 11.8. The van der Waals surface area contributed by atoms with Crippen molar-refractivity contribution in [3.05, 3.63) is 44.9 Å². The summed E-state index contributed by atoms with van der Waals surface area (Å²) in [7, 11) is 0. The third-order valence-corrected chi connectivity index (χ3v) is 4.73. The van der Waals surface area contributed by atoms with Crippen LogP contribution in [0.1, 0.15) is 17.4 Å². The molecule has 0 saturated heterocycles. The van der Waals surface area contributed by atoms with Crippen LogP contribution in [0.5, 0.6) is 0 Å². The van der Waals surface area contributed by atoms with Gasteiger partial charge >= 0.3 is 0 Å². The van der Waals surface area contributed by atoms with E-state index in [2.05, 4.69) is 11.8 Å². The van der Waals surface area contributed by atoms with Gasteiger partial charge in [0, 0.05) is 33.6 Å². The van der Waals surface area contributed by atoms with Gasteiger partial charge in [0.05, 0.1) is 0 Å². The van der Waals surface area contributed by atoms with E-state index in [0.29, 0.717) is 0 Å². The zero-order valence-electron chi connectivity index (χ0n) is 10.3. The Morgan fingerprint density at radius 1 is 1.33 bits per heavy atom. The molecule has 0 spiro atoms. The van der Waals surface area contributed by atoms with E-state index in [1.54, 1.807) is 11.3 Å². The second-order valence-corrected chi connectivity index (χ2v) is 5.58. The maximum Gasteiger partial charge on any atom is 0.192 e. The fourth-order valence-electron chi connectivity index (χ4n) is 2.42. The molecule has 0 fully saturated rings. The molecule has 18 heavy (non-hydrogen) atoms. The van der Waals surface area contributed by atoms with E-state index in [1.165, 1.54) is 4.88 Å². The molecule has 0 saturated carbocycles. The van der Waals surface area contributed by atoms with Gasteiger partial charge in [-0.2, -0.15) is 0 Å². The van der Waals surface area contributed by atoms with E-state index < -0.39 is 0 Å². The smallest absolute Gasteiger partial charge is 0.192 e. The maximum absolute atomic E-state index is 12.4. The van der Waals surface area contributed by atoms with Gasteiger partial charge in [-0.05, 0) is 25.1 Å². The maximum atomic E-state index is 12.4. The highest BCUT2D eigenvalue weighted by atomic mass is 35.5. The molecule has 4 heteroatoms. The normalized spacial score (nSPS) is 15.2. The first kappa shape index (κ1) is 13.5. The van der Waals surface area contributed by atoms with Crippen molar-refractivity contribution in [2.45, 2.75) is 19.9 Å². The van der Waals surface area contributed by atoms with Crippen LogP contribution < -0.4 is 5.43 Å². The molecule has 0 N–H and O–H groups in total. The second-order valence-electron chi connectivity index (χ2n) is 4.45. The summed E-state index contributed by atoms with van der Waals surface area (Å²) in [6.45, 7) is 5.08. The number of fused-ring (bicyclic) bond motifs is 2. The van der Waals surface area contributed by atoms with Gasteiger partial charge in [-0.1, -0.05) is 19.1 Å². The monoisotopic (exact) mass is 281 g/mol. The highest BCUT2D eigenvalue weighted by molar-refractivity contribution is 7.18. The van der Waals surface area contributed by atoms with Crippen LogP contribution in [-0.2, 0) is 13.0 Å². The van der Waals surface area contributed by atoms with Crippen molar-refractivity contribution < 1.29 is 0 Å². The second kappa shape index (κ2) is 5.39. The summed E-state index contributed by atoms with van der Waals surface area (Å²) in [5, 5.41) is 0.884. The van der Waals surface area contributed by atoms with Gasteiger partial charge in [-0.25, -0.2) is 0 Å². The predicted octanol–water partition coefficient (Wildman–Crippen LogP) is 3.06.